The third kappa shape index (κ3) is 4.42. The Morgan fingerprint density at radius 1 is 0.872 bits per heavy atom. The standard InChI is InChI=1S/C32H30N2O5/c1-18-8-11-23(14-19(18)2)33-27(35)17-39-32(38)21-9-12-24(13-10-21)34-30(36)28-22-15-25(20-6-4-3-5-7-20)26(16-22)29(28)31(34)37/h3-14,22,25-26,28-29H,15-17H2,1-2H3,(H,33,35)/t22-,25-,26+,28+,29+/m0/s1. The molecule has 3 fully saturated rings. The number of benzene rings is 3. The normalized spacial score (nSPS) is 25.1. The molecule has 1 N–H and O–H groups in total. The summed E-state index contributed by atoms with van der Waals surface area (Å²) in [5.41, 5.74) is 4.74. The topological polar surface area (TPSA) is 92.8 Å². The van der Waals surface area contributed by atoms with E-state index < -0.39 is 18.5 Å². The second kappa shape index (κ2) is 9.80. The van der Waals surface area contributed by atoms with Crippen LogP contribution in [0.5, 0.6) is 0 Å². The van der Waals surface area contributed by atoms with Crippen molar-refractivity contribution in [2.45, 2.75) is 32.6 Å². The molecule has 2 bridgehead atoms. The zero-order chi connectivity index (χ0) is 27.3. The van der Waals surface area contributed by atoms with Crippen LogP contribution in [0.15, 0.2) is 72.8 Å². The van der Waals surface area contributed by atoms with Gasteiger partial charge < -0.3 is 10.1 Å². The van der Waals surface area contributed by atoms with Gasteiger partial charge in [0, 0.05) is 5.69 Å². The molecule has 0 aromatic heterocycles. The summed E-state index contributed by atoms with van der Waals surface area (Å²) >= 11 is 0. The summed E-state index contributed by atoms with van der Waals surface area (Å²) < 4.78 is 5.18. The molecule has 1 heterocycles. The van der Waals surface area contributed by atoms with Crippen molar-refractivity contribution in [3.05, 3.63) is 95.1 Å². The Hall–Kier alpha value is -4.26. The van der Waals surface area contributed by atoms with E-state index in [1.54, 1.807) is 18.2 Å². The maximum absolute atomic E-state index is 13.5. The molecule has 5 atom stereocenters. The van der Waals surface area contributed by atoms with Crippen molar-refractivity contribution >= 4 is 35.1 Å². The van der Waals surface area contributed by atoms with Crippen LogP contribution in [-0.4, -0.2) is 30.3 Å². The SMILES string of the molecule is Cc1ccc(NC(=O)COC(=O)c2ccc(N3C(=O)[C@@H]4[C@@H]5C[C@@H]([C@H]4C3=O)[C@H](c3ccccc3)C5)cc2)cc1C. The maximum Gasteiger partial charge on any atom is 0.338 e. The summed E-state index contributed by atoms with van der Waals surface area (Å²) in [4.78, 5) is 53.0. The first-order valence-corrected chi connectivity index (χ1v) is 13.4. The molecule has 3 aromatic rings. The minimum absolute atomic E-state index is 0.137. The van der Waals surface area contributed by atoms with Gasteiger partial charge >= 0.3 is 5.97 Å². The molecular formula is C32H30N2O5. The number of carbonyl (C=O) groups excluding carboxylic acids is 4. The van der Waals surface area contributed by atoms with E-state index in [4.69, 9.17) is 4.74 Å². The van der Waals surface area contributed by atoms with Crippen molar-refractivity contribution < 1.29 is 23.9 Å². The van der Waals surface area contributed by atoms with Gasteiger partial charge in [0.15, 0.2) is 6.61 Å². The molecule has 1 aliphatic heterocycles. The van der Waals surface area contributed by atoms with E-state index in [-0.39, 0.29) is 41.0 Å². The second-order valence-electron chi connectivity index (χ2n) is 10.9. The average Bonchev–Trinajstić information content (AvgIpc) is 3.61. The number of anilines is 2. The van der Waals surface area contributed by atoms with Crippen molar-refractivity contribution in [3.63, 3.8) is 0 Å². The van der Waals surface area contributed by atoms with E-state index in [0.717, 1.165) is 24.0 Å². The number of nitrogens with one attached hydrogen (secondary N) is 1. The molecule has 7 nitrogen and oxygen atoms in total. The molecule has 0 radical (unpaired) electrons. The second-order valence-corrected chi connectivity index (χ2v) is 10.9. The minimum Gasteiger partial charge on any atom is -0.452 e. The zero-order valence-corrected chi connectivity index (χ0v) is 21.9. The van der Waals surface area contributed by atoms with Gasteiger partial charge in [0.1, 0.15) is 0 Å². The van der Waals surface area contributed by atoms with E-state index in [2.05, 4.69) is 17.4 Å². The van der Waals surface area contributed by atoms with Gasteiger partial charge in [-0.1, -0.05) is 36.4 Å². The predicted octanol–water partition coefficient (Wildman–Crippen LogP) is 5.03. The summed E-state index contributed by atoms with van der Waals surface area (Å²) in [7, 11) is 0. The highest BCUT2D eigenvalue weighted by Gasteiger charge is 2.64. The van der Waals surface area contributed by atoms with E-state index in [1.807, 2.05) is 44.2 Å². The Labute approximate surface area is 227 Å². The summed E-state index contributed by atoms with van der Waals surface area (Å²) in [6.45, 7) is 3.52. The number of ether oxygens (including phenoxy) is 1. The molecule has 7 heteroatoms. The Morgan fingerprint density at radius 2 is 1.59 bits per heavy atom. The number of aryl methyl sites for hydroxylation is 2. The molecule has 2 saturated carbocycles. The zero-order valence-electron chi connectivity index (χ0n) is 21.9. The number of esters is 1. The van der Waals surface area contributed by atoms with Gasteiger partial charge in [0.25, 0.3) is 5.91 Å². The lowest BCUT2D eigenvalue weighted by molar-refractivity contribution is -0.123. The molecule has 3 amide bonds. The molecule has 6 rings (SSSR count). The van der Waals surface area contributed by atoms with Gasteiger partial charge in [-0.2, -0.15) is 0 Å². The van der Waals surface area contributed by atoms with Crippen molar-refractivity contribution in [1.82, 2.24) is 0 Å². The first-order chi connectivity index (χ1) is 18.8. The van der Waals surface area contributed by atoms with Crippen LogP contribution in [0.1, 0.15) is 45.8 Å². The lowest BCUT2D eigenvalue weighted by atomic mass is 9.73. The van der Waals surface area contributed by atoms with Crippen LogP contribution >= 0.6 is 0 Å². The Bertz CT molecular complexity index is 1470. The molecule has 0 unspecified atom stereocenters. The Kier molecular flexibility index (Phi) is 6.29. The smallest absolute Gasteiger partial charge is 0.338 e. The van der Waals surface area contributed by atoms with Crippen LogP contribution in [0, 0.1) is 37.5 Å². The highest BCUT2D eigenvalue weighted by molar-refractivity contribution is 6.22. The van der Waals surface area contributed by atoms with Gasteiger partial charge in [-0.15, -0.1) is 0 Å². The summed E-state index contributed by atoms with van der Waals surface area (Å²) in [5, 5.41) is 2.72. The first-order valence-electron chi connectivity index (χ1n) is 13.4. The van der Waals surface area contributed by atoms with E-state index >= 15 is 0 Å². The van der Waals surface area contributed by atoms with Crippen LogP contribution in [0.4, 0.5) is 11.4 Å². The lowest BCUT2D eigenvalue weighted by Crippen LogP contribution is -2.33. The number of imide groups is 1. The van der Waals surface area contributed by atoms with Gasteiger partial charge in [-0.3, -0.25) is 19.3 Å². The number of hydrogen-bond acceptors (Lipinski definition) is 5. The summed E-state index contributed by atoms with van der Waals surface area (Å²) in [5.74, 6) is -1.23. The van der Waals surface area contributed by atoms with Crippen LogP contribution in [0.2, 0.25) is 0 Å². The van der Waals surface area contributed by atoms with Gasteiger partial charge in [0.05, 0.1) is 23.1 Å². The maximum atomic E-state index is 13.5. The Morgan fingerprint density at radius 3 is 2.31 bits per heavy atom. The van der Waals surface area contributed by atoms with Crippen molar-refractivity contribution in [1.29, 1.82) is 0 Å². The number of hydrogen-bond donors (Lipinski definition) is 1. The molecule has 39 heavy (non-hydrogen) atoms. The van der Waals surface area contributed by atoms with Gasteiger partial charge in [-0.25, -0.2) is 4.79 Å². The average molecular weight is 523 g/mol. The fourth-order valence-corrected chi connectivity index (χ4v) is 6.77. The monoisotopic (exact) mass is 522 g/mol. The van der Waals surface area contributed by atoms with Crippen LogP contribution in [-0.2, 0) is 19.1 Å². The van der Waals surface area contributed by atoms with Crippen molar-refractivity contribution in [2.75, 3.05) is 16.8 Å². The minimum atomic E-state index is -0.656. The Balaban J connectivity index is 1.09. The van der Waals surface area contributed by atoms with Gasteiger partial charge in [0.2, 0.25) is 11.8 Å². The summed E-state index contributed by atoms with van der Waals surface area (Å²) in [6.07, 6.45) is 1.85. The molecule has 3 aromatic carbocycles. The number of fused-ring (bicyclic) bond motifs is 5. The van der Waals surface area contributed by atoms with Crippen molar-refractivity contribution in [3.8, 4) is 0 Å². The number of nitrogens with zero attached hydrogens (tertiary/aromatic N) is 1. The van der Waals surface area contributed by atoms with Crippen LogP contribution < -0.4 is 10.2 Å². The highest BCUT2D eigenvalue weighted by Crippen LogP contribution is 2.61. The predicted molar refractivity (Wildman–Crippen MR) is 146 cm³/mol. The fourth-order valence-electron chi connectivity index (χ4n) is 6.77. The van der Waals surface area contributed by atoms with Crippen LogP contribution in [0.25, 0.3) is 0 Å². The molecular weight excluding hydrogens is 492 g/mol. The van der Waals surface area contributed by atoms with E-state index in [9.17, 15) is 19.2 Å². The lowest BCUT2D eigenvalue weighted by Gasteiger charge is -2.28. The fraction of sp³-hybridized carbons (Fsp3) is 0.312. The quantitative estimate of drug-likeness (QED) is 0.362. The van der Waals surface area contributed by atoms with E-state index in [1.165, 1.54) is 22.6 Å². The molecule has 198 valence electrons. The number of rotatable bonds is 6. The van der Waals surface area contributed by atoms with Gasteiger partial charge in [-0.05, 0) is 97.5 Å². The number of carbonyl (C=O) groups is 4. The number of amides is 3. The molecule has 2 aliphatic carbocycles. The highest BCUT2D eigenvalue weighted by atomic mass is 16.5. The largest absolute Gasteiger partial charge is 0.452 e. The van der Waals surface area contributed by atoms with E-state index in [0.29, 0.717) is 17.3 Å². The van der Waals surface area contributed by atoms with Crippen LogP contribution in [0.3, 0.4) is 0 Å². The molecule has 3 aliphatic rings. The third-order valence-corrected chi connectivity index (χ3v) is 8.73. The summed E-state index contributed by atoms with van der Waals surface area (Å²) in [6, 6.07) is 22.1. The molecule has 0 spiro atoms. The first kappa shape index (κ1) is 25.0. The third-order valence-electron chi connectivity index (χ3n) is 8.73. The van der Waals surface area contributed by atoms with Crippen molar-refractivity contribution in [2.24, 2.45) is 23.7 Å². The molecule has 1 saturated heterocycles.